The Morgan fingerprint density at radius 3 is 2.83 bits per heavy atom. The van der Waals surface area contributed by atoms with Gasteiger partial charge in [-0.1, -0.05) is 6.07 Å². The minimum Gasteiger partial charge on any atom is -0.497 e. The summed E-state index contributed by atoms with van der Waals surface area (Å²) in [5.74, 6) is 1.72. The Bertz CT molecular complexity index is 384. The highest BCUT2D eigenvalue weighted by Gasteiger charge is 2.07. The fourth-order valence-corrected chi connectivity index (χ4v) is 1.55. The Balaban J connectivity index is 2.39. The van der Waals surface area contributed by atoms with E-state index in [9.17, 15) is 4.79 Å². The molecule has 1 amide bonds. The van der Waals surface area contributed by atoms with Crippen LogP contribution in [0.25, 0.3) is 0 Å². The number of rotatable bonds is 7. The number of hydrogen-bond acceptors (Lipinski definition) is 3. The molecule has 0 bridgehead atoms. The van der Waals surface area contributed by atoms with Crippen LogP contribution in [0, 0.1) is 0 Å². The number of alkyl halides is 1. The van der Waals surface area contributed by atoms with E-state index in [-0.39, 0.29) is 12.0 Å². The summed E-state index contributed by atoms with van der Waals surface area (Å²) in [6, 6.07) is 7.35. The van der Waals surface area contributed by atoms with Gasteiger partial charge in [0.15, 0.2) is 0 Å². The molecule has 1 unspecified atom stereocenters. The number of carbonyl (C=O) groups is 1. The zero-order chi connectivity index (χ0) is 13.4. The maximum absolute atomic E-state index is 11.2. The van der Waals surface area contributed by atoms with E-state index in [4.69, 9.17) is 21.1 Å². The predicted octanol–water partition coefficient (Wildman–Crippen LogP) is 2.21. The van der Waals surface area contributed by atoms with E-state index in [0.29, 0.717) is 24.6 Å². The molecule has 0 heterocycles. The van der Waals surface area contributed by atoms with E-state index in [0.717, 1.165) is 5.75 Å². The molecule has 4 nitrogen and oxygen atoms in total. The molecule has 0 radical (unpaired) electrons. The Hall–Kier alpha value is -1.42. The van der Waals surface area contributed by atoms with Gasteiger partial charge < -0.3 is 14.8 Å². The smallest absolute Gasteiger partial charge is 0.221 e. The van der Waals surface area contributed by atoms with Crippen molar-refractivity contribution < 1.29 is 14.3 Å². The van der Waals surface area contributed by atoms with Gasteiger partial charge in [-0.05, 0) is 19.1 Å². The minimum absolute atomic E-state index is 0.0638. The van der Waals surface area contributed by atoms with Gasteiger partial charge in [0.25, 0.3) is 0 Å². The largest absolute Gasteiger partial charge is 0.497 e. The highest BCUT2D eigenvalue weighted by Crippen LogP contribution is 2.19. The summed E-state index contributed by atoms with van der Waals surface area (Å²) < 4.78 is 10.8. The molecule has 0 aliphatic carbocycles. The van der Waals surface area contributed by atoms with Crippen LogP contribution in [0.3, 0.4) is 0 Å². The topological polar surface area (TPSA) is 47.6 Å². The quantitative estimate of drug-likeness (QED) is 0.774. The van der Waals surface area contributed by atoms with Gasteiger partial charge >= 0.3 is 0 Å². The van der Waals surface area contributed by atoms with E-state index in [1.54, 1.807) is 13.2 Å². The van der Waals surface area contributed by atoms with Crippen molar-refractivity contribution in [3.05, 3.63) is 24.3 Å². The van der Waals surface area contributed by atoms with Gasteiger partial charge in [0.05, 0.1) is 13.7 Å². The summed E-state index contributed by atoms with van der Waals surface area (Å²) in [6.45, 7) is 2.34. The third kappa shape index (κ3) is 5.27. The van der Waals surface area contributed by atoms with Crippen molar-refractivity contribution in [1.82, 2.24) is 5.32 Å². The average Bonchev–Trinajstić information content (AvgIpc) is 2.37. The third-order valence-corrected chi connectivity index (χ3v) is 2.48. The van der Waals surface area contributed by atoms with Crippen LogP contribution in [0.5, 0.6) is 11.5 Å². The monoisotopic (exact) mass is 271 g/mol. The van der Waals surface area contributed by atoms with Crippen molar-refractivity contribution in [1.29, 1.82) is 0 Å². The van der Waals surface area contributed by atoms with Crippen LogP contribution < -0.4 is 14.8 Å². The lowest BCUT2D eigenvalue weighted by Gasteiger charge is -2.15. The van der Waals surface area contributed by atoms with Crippen molar-refractivity contribution in [3.63, 3.8) is 0 Å². The molecule has 0 aliphatic rings. The van der Waals surface area contributed by atoms with Gasteiger partial charge in [-0.25, -0.2) is 0 Å². The maximum atomic E-state index is 11.2. The minimum atomic E-state index is -0.114. The molecule has 1 aromatic rings. The zero-order valence-electron chi connectivity index (χ0n) is 10.6. The summed E-state index contributed by atoms with van der Waals surface area (Å²) in [4.78, 5) is 11.2. The summed E-state index contributed by atoms with van der Waals surface area (Å²) in [5, 5.41) is 2.75. The number of amides is 1. The maximum Gasteiger partial charge on any atom is 0.221 e. The molecule has 5 heteroatoms. The van der Waals surface area contributed by atoms with E-state index >= 15 is 0 Å². The van der Waals surface area contributed by atoms with Crippen molar-refractivity contribution in [2.45, 2.75) is 19.4 Å². The molecule has 1 atom stereocenters. The number of carbonyl (C=O) groups excluding carboxylic acids is 1. The first-order valence-corrected chi connectivity index (χ1v) is 6.32. The van der Waals surface area contributed by atoms with Gasteiger partial charge in [-0.2, -0.15) is 0 Å². The molecule has 0 fully saturated rings. The SMILES string of the molecule is COc1cccc(OC(C)CNC(=O)CCCl)c1. The summed E-state index contributed by atoms with van der Waals surface area (Å²) >= 11 is 5.47. The Morgan fingerprint density at radius 1 is 1.44 bits per heavy atom. The van der Waals surface area contributed by atoms with Gasteiger partial charge in [0, 0.05) is 18.4 Å². The number of ether oxygens (including phenoxy) is 2. The van der Waals surface area contributed by atoms with Crippen LogP contribution in [0.2, 0.25) is 0 Å². The predicted molar refractivity (Wildman–Crippen MR) is 71.4 cm³/mol. The van der Waals surface area contributed by atoms with Crippen LogP contribution in [0.4, 0.5) is 0 Å². The highest BCUT2D eigenvalue weighted by atomic mass is 35.5. The standard InChI is InChI=1S/C13H18ClNO3/c1-10(9-15-13(16)6-7-14)18-12-5-3-4-11(8-12)17-2/h3-5,8,10H,6-7,9H2,1-2H3,(H,15,16). The zero-order valence-corrected chi connectivity index (χ0v) is 11.4. The van der Waals surface area contributed by atoms with E-state index < -0.39 is 0 Å². The lowest BCUT2D eigenvalue weighted by molar-refractivity contribution is -0.121. The number of halogens is 1. The summed E-state index contributed by atoms with van der Waals surface area (Å²) in [6.07, 6.45) is 0.212. The Kier molecular flexibility index (Phi) is 6.36. The molecule has 0 spiro atoms. The normalized spacial score (nSPS) is 11.7. The molecule has 100 valence electrons. The summed E-state index contributed by atoms with van der Waals surface area (Å²) in [7, 11) is 1.61. The number of hydrogen-bond donors (Lipinski definition) is 1. The first-order valence-electron chi connectivity index (χ1n) is 5.79. The van der Waals surface area contributed by atoms with Crippen LogP contribution in [-0.2, 0) is 4.79 Å². The molecule has 0 aromatic heterocycles. The van der Waals surface area contributed by atoms with Crippen LogP contribution in [0.1, 0.15) is 13.3 Å². The molecule has 0 saturated carbocycles. The van der Waals surface area contributed by atoms with Gasteiger partial charge in [0.2, 0.25) is 5.91 Å². The molecule has 1 rings (SSSR count). The highest BCUT2D eigenvalue weighted by molar-refractivity contribution is 6.18. The van der Waals surface area contributed by atoms with Gasteiger partial charge in [-0.15, -0.1) is 11.6 Å². The van der Waals surface area contributed by atoms with Gasteiger partial charge in [-0.3, -0.25) is 4.79 Å². The second-order valence-electron chi connectivity index (χ2n) is 3.85. The van der Waals surface area contributed by atoms with E-state index in [1.807, 2.05) is 25.1 Å². The molecule has 1 aromatic carbocycles. The first-order chi connectivity index (χ1) is 8.65. The van der Waals surface area contributed by atoms with E-state index in [2.05, 4.69) is 5.32 Å². The lowest BCUT2D eigenvalue weighted by Crippen LogP contribution is -2.33. The number of methoxy groups -OCH3 is 1. The van der Waals surface area contributed by atoms with Crippen LogP contribution >= 0.6 is 11.6 Å². The van der Waals surface area contributed by atoms with Crippen molar-refractivity contribution >= 4 is 17.5 Å². The fourth-order valence-electron chi connectivity index (χ4n) is 1.38. The van der Waals surface area contributed by atoms with Crippen molar-refractivity contribution in [2.24, 2.45) is 0 Å². The molecular formula is C13H18ClNO3. The molecule has 1 N–H and O–H groups in total. The molecule has 18 heavy (non-hydrogen) atoms. The van der Waals surface area contributed by atoms with Gasteiger partial charge in [0.1, 0.15) is 17.6 Å². The van der Waals surface area contributed by atoms with E-state index in [1.165, 1.54) is 0 Å². The first kappa shape index (κ1) is 14.6. The van der Waals surface area contributed by atoms with Crippen LogP contribution in [0.15, 0.2) is 24.3 Å². The van der Waals surface area contributed by atoms with Crippen LogP contribution in [-0.4, -0.2) is 31.5 Å². The lowest BCUT2D eigenvalue weighted by atomic mass is 10.3. The fraction of sp³-hybridized carbons (Fsp3) is 0.462. The Labute approximate surface area is 112 Å². The Morgan fingerprint density at radius 2 is 2.17 bits per heavy atom. The molecule has 0 aliphatic heterocycles. The second kappa shape index (κ2) is 7.82. The average molecular weight is 272 g/mol. The third-order valence-electron chi connectivity index (χ3n) is 2.29. The summed E-state index contributed by atoms with van der Waals surface area (Å²) in [5.41, 5.74) is 0. The van der Waals surface area contributed by atoms with Crippen molar-refractivity contribution in [2.75, 3.05) is 19.5 Å². The number of nitrogens with one attached hydrogen (secondary N) is 1. The van der Waals surface area contributed by atoms with Crippen molar-refractivity contribution in [3.8, 4) is 11.5 Å². The second-order valence-corrected chi connectivity index (χ2v) is 4.23. The molecule has 0 saturated heterocycles. The molecular weight excluding hydrogens is 254 g/mol. The number of benzene rings is 1.